The molecule has 1 aliphatic heterocycles. The Balaban J connectivity index is 1.80. The van der Waals surface area contributed by atoms with Crippen LogP contribution in [0.1, 0.15) is 34.3 Å². The van der Waals surface area contributed by atoms with Crippen molar-refractivity contribution >= 4 is 11.9 Å². The number of amides is 1. The van der Waals surface area contributed by atoms with E-state index in [0.717, 1.165) is 24.0 Å². The summed E-state index contributed by atoms with van der Waals surface area (Å²) < 4.78 is 0. The molecule has 0 aromatic heterocycles. The summed E-state index contributed by atoms with van der Waals surface area (Å²) in [4.78, 5) is 25.8. The second-order valence-corrected chi connectivity index (χ2v) is 6.53. The maximum atomic E-state index is 12.6. The van der Waals surface area contributed by atoms with E-state index in [9.17, 15) is 14.7 Å². The van der Waals surface area contributed by atoms with Gasteiger partial charge in [0.1, 0.15) is 0 Å². The van der Waals surface area contributed by atoms with Crippen molar-refractivity contribution in [3.8, 4) is 0 Å². The van der Waals surface area contributed by atoms with Crippen LogP contribution in [0, 0.1) is 31.6 Å². The number of carboxylic acids is 1. The Morgan fingerprint density at radius 1 is 1.10 bits per heavy atom. The smallest absolute Gasteiger partial charge is 0.308 e. The largest absolute Gasteiger partial charge is 0.481 e. The SMILES string of the molecule is Cc1cc(C)cc(C(=O)N2C[C@H](C(=O)O)[C@@H](C3CC3)C2)c1. The highest BCUT2D eigenvalue weighted by Crippen LogP contribution is 2.44. The van der Waals surface area contributed by atoms with E-state index in [-0.39, 0.29) is 11.8 Å². The van der Waals surface area contributed by atoms with E-state index < -0.39 is 11.9 Å². The molecule has 21 heavy (non-hydrogen) atoms. The quantitative estimate of drug-likeness (QED) is 0.929. The number of likely N-dealkylation sites (tertiary alicyclic amines) is 1. The standard InChI is InChI=1S/C17H21NO3/c1-10-5-11(2)7-13(6-10)16(19)18-8-14(12-3-4-12)15(9-18)17(20)21/h5-7,12,14-15H,3-4,8-9H2,1-2H3,(H,20,21)/t14-,15+/m1/s1. The van der Waals surface area contributed by atoms with E-state index in [1.165, 1.54) is 0 Å². The Hall–Kier alpha value is -1.84. The molecule has 2 fully saturated rings. The maximum absolute atomic E-state index is 12.6. The van der Waals surface area contributed by atoms with Crippen molar-refractivity contribution in [2.45, 2.75) is 26.7 Å². The Labute approximate surface area is 124 Å². The lowest BCUT2D eigenvalue weighted by Crippen LogP contribution is -2.30. The van der Waals surface area contributed by atoms with Gasteiger partial charge in [0.25, 0.3) is 5.91 Å². The second-order valence-electron chi connectivity index (χ2n) is 6.53. The van der Waals surface area contributed by atoms with Gasteiger partial charge in [-0.3, -0.25) is 9.59 Å². The lowest BCUT2D eigenvalue weighted by molar-refractivity contribution is -0.142. The monoisotopic (exact) mass is 287 g/mol. The number of nitrogens with zero attached hydrogens (tertiary/aromatic N) is 1. The zero-order chi connectivity index (χ0) is 15.1. The van der Waals surface area contributed by atoms with E-state index in [1.807, 2.05) is 32.0 Å². The summed E-state index contributed by atoms with van der Waals surface area (Å²) in [7, 11) is 0. The van der Waals surface area contributed by atoms with Crippen LogP contribution in [0.15, 0.2) is 18.2 Å². The molecule has 4 heteroatoms. The number of aliphatic carboxylic acids is 1. The highest BCUT2D eigenvalue weighted by Gasteiger charge is 2.46. The van der Waals surface area contributed by atoms with Crippen molar-refractivity contribution in [1.82, 2.24) is 4.90 Å². The van der Waals surface area contributed by atoms with E-state index in [4.69, 9.17) is 0 Å². The molecule has 2 atom stereocenters. The number of hydrogen-bond acceptors (Lipinski definition) is 2. The molecule has 1 aromatic rings. The van der Waals surface area contributed by atoms with Gasteiger partial charge in [-0.15, -0.1) is 0 Å². The first-order valence-electron chi connectivity index (χ1n) is 7.56. The fourth-order valence-electron chi connectivity index (χ4n) is 3.54. The molecule has 0 spiro atoms. The van der Waals surface area contributed by atoms with Crippen LogP contribution in [0.4, 0.5) is 0 Å². The van der Waals surface area contributed by atoms with E-state index in [1.54, 1.807) is 4.90 Å². The molecule has 112 valence electrons. The van der Waals surface area contributed by atoms with Gasteiger partial charge in [0.15, 0.2) is 0 Å². The summed E-state index contributed by atoms with van der Waals surface area (Å²) in [6, 6.07) is 5.80. The number of carboxylic acid groups (broad SMARTS) is 1. The van der Waals surface area contributed by atoms with Gasteiger partial charge in [-0.2, -0.15) is 0 Å². The number of carbonyl (C=O) groups is 2. The first-order valence-corrected chi connectivity index (χ1v) is 7.56. The van der Waals surface area contributed by atoms with Crippen molar-refractivity contribution in [2.24, 2.45) is 17.8 Å². The lowest BCUT2D eigenvalue weighted by Gasteiger charge is -2.17. The zero-order valence-electron chi connectivity index (χ0n) is 12.5. The zero-order valence-corrected chi connectivity index (χ0v) is 12.5. The third kappa shape index (κ3) is 2.80. The van der Waals surface area contributed by atoms with Crippen LogP contribution in [-0.2, 0) is 4.79 Å². The fourth-order valence-corrected chi connectivity index (χ4v) is 3.54. The minimum Gasteiger partial charge on any atom is -0.481 e. The molecule has 3 rings (SSSR count). The van der Waals surface area contributed by atoms with Crippen LogP contribution in [0.25, 0.3) is 0 Å². The third-order valence-electron chi connectivity index (χ3n) is 4.67. The molecular formula is C17H21NO3. The molecule has 1 N–H and O–H groups in total. The van der Waals surface area contributed by atoms with Crippen molar-refractivity contribution in [1.29, 1.82) is 0 Å². The molecule has 1 aliphatic carbocycles. The molecule has 0 bridgehead atoms. The highest BCUT2D eigenvalue weighted by molar-refractivity contribution is 5.95. The summed E-state index contributed by atoms with van der Waals surface area (Å²) in [5.41, 5.74) is 2.80. The number of benzene rings is 1. The van der Waals surface area contributed by atoms with Gasteiger partial charge in [0, 0.05) is 18.7 Å². The normalized spacial score (nSPS) is 25.1. The average Bonchev–Trinajstić information content (AvgIpc) is 3.15. The van der Waals surface area contributed by atoms with Gasteiger partial charge in [0.05, 0.1) is 5.92 Å². The van der Waals surface area contributed by atoms with Crippen LogP contribution < -0.4 is 0 Å². The van der Waals surface area contributed by atoms with Gasteiger partial charge < -0.3 is 10.0 Å². The Kier molecular flexibility index (Phi) is 3.47. The fraction of sp³-hybridized carbons (Fsp3) is 0.529. The predicted molar refractivity (Wildman–Crippen MR) is 79.2 cm³/mol. The summed E-state index contributed by atoms with van der Waals surface area (Å²) in [5.74, 6) is -0.549. The van der Waals surface area contributed by atoms with Crippen molar-refractivity contribution in [3.05, 3.63) is 34.9 Å². The molecule has 4 nitrogen and oxygen atoms in total. The van der Waals surface area contributed by atoms with Crippen molar-refractivity contribution in [3.63, 3.8) is 0 Å². The first kappa shape index (κ1) is 14.1. The third-order valence-corrected chi connectivity index (χ3v) is 4.67. The molecule has 1 amide bonds. The van der Waals surface area contributed by atoms with Crippen LogP contribution in [0.3, 0.4) is 0 Å². The van der Waals surface area contributed by atoms with Gasteiger partial charge in [-0.25, -0.2) is 0 Å². The molecular weight excluding hydrogens is 266 g/mol. The average molecular weight is 287 g/mol. The van der Waals surface area contributed by atoms with Crippen molar-refractivity contribution < 1.29 is 14.7 Å². The summed E-state index contributed by atoms with van der Waals surface area (Å²) in [5, 5.41) is 9.38. The van der Waals surface area contributed by atoms with Crippen LogP contribution in [-0.4, -0.2) is 35.0 Å². The van der Waals surface area contributed by atoms with Crippen molar-refractivity contribution in [2.75, 3.05) is 13.1 Å². The number of carbonyl (C=O) groups excluding carboxylic acids is 1. The van der Waals surface area contributed by atoms with Gasteiger partial charge >= 0.3 is 5.97 Å². The molecule has 1 aromatic carbocycles. The second kappa shape index (κ2) is 5.17. The number of rotatable bonds is 3. The Morgan fingerprint density at radius 2 is 1.71 bits per heavy atom. The summed E-state index contributed by atoms with van der Waals surface area (Å²) >= 11 is 0. The minimum atomic E-state index is -0.761. The molecule has 2 aliphatic rings. The van der Waals surface area contributed by atoms with E-state index in [0.29, 0.717) is 24.6 Å². The van der Waals surface area contributed by atoms with E-state index >= 15 is 0 Å². The van der Waals surface area contributed by atoms with Crippen LogP contribution in [0.2, 0.25) is 0 Å². The highest BCUT2D eigenvalue weighted by atomic mass is 16.4. The summed E-state index contributed by atoms with van der Waals surface area (Å²) in [6.07, 6.45) is 2.22. The molecule has 1 heterocycles. The Morgan fingerprint density at radius 3 is 2.24 bits per heavy atom. The molecule has 0 radical (unpaired) electrons. The molecule has 1 saturated carbocycles. The number of aryl methyl sites for hydroxylation is 2. The maximum Gasteiger partial charge on any atom is 0.308 e. The number of hydrogen-bond donors (Lipinski definition) is 1. The predicted octanol–water partition coefficient (Wildman–Crippen LogP) is 2.49. The summed E-state index contributed by atoms with van der Waals surface area (Å²) in [6.45, 7) is 4.89. The van der Waals surface area contributed by atoms with Crippen LogP contribution >= 0.6 is 0 Å². The molecule has 1 saturated heterocycles. The van der Waals surface area contributed by atoms with E-state index in [2.05, 4.69) is 0 Å². The van der Waals surface area contributed by atoms with Crippen LogP contribution in [0.5, 0.6) is 0 Å². The Bertz CT molecular complexity index is 571. The topological polar surface area (TPSA) is 57.6 Å². The van der Waals surface area contributed by atoms with Gasteiger partial charge in [-0.1, -0.05) is 17.2 Å². The minimum absolute atomic E-state index is 0.0313. The molecule has 0 unspecified atom stereocenters. The van der Waals surface area contributed by atoms with Gasteiger partial charge in [-0.05, 0) is 50.7 Å². The van der Waals surface area contributed by atoms with Gasteiger partial charge in [0.2, 0.25) is 0 Å². The first-order chi connectivity index (χ1) is 9.95. The lowest BCUT2D eigenvalue weighted by atomic mass is 9.92.